The molecule has 0 spiro atoms. The van der Waals surface area contributed by atoms with Crippen LogP contribution in [-0.4, -0.2) is 26.6 Å². The molecular formula is C18H24FN3O. The molecule has 1 aromatic heterocycles. The van der Waals surface area contributed by atoms with E-state index in [1.54, 1.807) is 23.0 Å². The average molecular weight is 317 g/mol. The summed E-state index contributed by atoms with van der Waals surface area (Å²) >= 11 is 0. The van der Waals surface area contributed by atoms with Crippen molar-refractivity contribution in [3.63, 3.8) is 0 Å². The van der Waals surface area contributed by atoms with E-state index >= 15 is 0 Å². The lowest BCUT2D eigenvalue weighted by atomic mass is 9.97. The predicted octanol–water partition coefficient (Wildman–Crippen LogP) is 3.49. The highest BCUT2D eigenvalue weighted by Gasteiger charge is 2.21. The van der Waals surface area contributed by atoms with Crippen LogP contribution in [0.4, 0.5) is 4.39 Å². The zero-order chi connectivity index (χ0) is 17.0. The first-order chi connectivity index (χ1) is 10.9. The third-order valence-corrected chi connectivity index (χ3v) is 3.97. The summed E-state index contributed by atoms with van der Waals surface area (Å²) in [6.45, 7) is 6.57. The van der Waals surface area contributed by atoms with Crippen molar-refractivity contribution in [2.75, 3.05) is 0 Å². The summed E-state index contributed by atoms with van der Waals surface area (Å²) in [5.74, 6) is -0.105. The number of aromatic nitrogens is 2. The van der Waals surface area contributed by atoms with Crippen LogP contribution in [0, 0.1) is 5.82 Å². The second kappa shape index (κ2) is 7.40. The van der Waals surface area contributed by atoms with Gasteiger partial charge in [-0.05, 0) is 37.5 Å². The molecule has 0 aliphatic carbocycles. The van der Waals surface area contributed by atoms with Crippen LogP contribution in [0.15, 0.2) is 36.7 Å². The number of halogens is 1. The number of benzene rings is 1. The van der Waals surface area contributed by atoms with Crippen LogP contribution in [-0.2, 0) is 18.4 Å². The maximum atomic E-state index is 13.0. The monoisotopic (exact) mass is 317 g/mol. The Morgan fingerprint density at radius 1 is 1.26 bits per heavy atom. The van der Waals surface area contributed by atoms with E-state index in [1.807, 2.05) is 38.9 Å². The Morgan fingerprint density at radius 2 is 1.91 bits per heavy atom. The summed E-state index contributed by atoms with van der Waals surface area (Å²) in [4.78, 5) is 14.5. The van der Waals surface area contributed by atoms with Gasteiger partial charge < -0.3 is 4.90 Å². The maximum Gasteiger partial charge on any atom is 0.223 e. The fourth-order valence-corrected chi connectivity index (χ4v) is 2.60. The summed E-state index contributed by atoms with van der Waals surface area (Å²) < 4.78 is 14.7. The van der Waals surface area contributed by atoms with Gasteiger partial charge in [0, 0.05) is 37.8 Å². The van der Waals surface area contributed by atoms with Crippen LogP contribution in [0.25, 0.3) is 0 Å². The Labute approximate surface area is 136 Å². The standard InChI is InChI=1S/C18H24FN3O/c1-13(2)22(12-15-10-20-21(4)11-15)18(23)9-14(3)16-5-7-17(19)8-6-16/h5-8,10-11,13-14H,9,12H2,1-4H3. The molecule has 1 amide bonds. The third kappa shape index (κ3) is 4.65. The summed E-state index contributed by atoms with van der Waals surface area (Å²) in [5.41, 5.74) is 1.99. The zero-order valence-electron chi connectivity index (χ0n) is 14.2. The molecule has 2 aromatic rings. The number of aryl methyl sites for hydroxylation is 1. The second-order valence-electron chi connectivity index (χ2n) is 6.29. The molecule has 1 aromatic carbocycles. The molecule has 124 valence electrons. The van der Waals surface area contributed by atoms with Crippen molar-refractivity contribution in [2.24, 2.45) is 7.05 Å². The van der Waals surface area contributed by atoms with Gasteiger partial charge in [0.05, 0.1) is 6.20 Å². The number of carbonyl (C=O) groups is 1. The number of nitrogens with zero attached hydrogens (tertiary/aromatic N) is 3. The van der Waals surface area contributed by atoms with E-state index in [1.165, 1.54) is 12.1 Å². The van der Waals surface area contributed by atoms with Crippen LogP contribution < -0.4 is 0 Å². The van der Waals surface area contributed by atoms with Crippen molar-refractivity contribution in [3.8, 4) is 0 Å². The highest BCUT2D eigenvalue weighted by Crippen LogP contribution is 2.21. The summed E-state index contributed by atoms with van der Waals surface area (Å²) in [6, 6.07) is 6.48. The highest BCUT2D eigenvalue weighted by molar-refractivity contribution is 5.77. The first-order valence-electron chi connectivity index (χ1n) is 7.89. The SMILES string of the molecule is CC(CC(=O)N(Cc1cnn(C)c1)C(C)C)c1ccc(F)cc1. The number of amides is 1. The van der Waals surface area contributed by atoms with E-state index in [-0.39, 0.29) is 23.7 Å². The normalized spacial score (nSPS) is 12.4. The molecular weight excluding hydrogens is 293 g/mol. The number of hydrogen-bond acceptors (Lipinski definition) is 2. The van der Waals surface area contributed by atoms with Crippen molar-refractivity contribution >= 4 is 5.91 Å². The predicted molar refractivity (Wildman–Crippen MR) is 88.3 cm³/mol. The van der Waals surface area contributed by atoms with Gasteiger partial charge in [-0.3, -0.25) is 9.48 Å². The van der Waals surface area contributed by atoms with Gasteiger partial charge in [-0.15, -0.1) is 0 Å². The van der Waals surface area contributed by atoms with Crippen LogP contribution in [0.2, 0.25) is 0 Å². The first kappa shape index (κ1) is 17.2. The molecule has 0 saturated heterocycles. The smallest absolute Gasteiger partial charge is 0.223 e. The van der Waals surface area contributed by atoms with E-state index in [0.717, 1.165) is 11.1 Å². The van der Waals surface area contributed by atoms with Crippen LogP contribution in [0.5, 0.6) is 0 Å². The van der Waals surface area contributed by atoms with E-state index in [4.69, 9.17) is 0 Å². The summed E-state index contributed by atoms with van der Waals surface area (Å²) in [6.07, 6.45) is 4.11. The largest absolute Gasteiger partial charge is 0.336 e. The Bertz CT molecular complexity index is 649. The minimum atomic E-state index is -0.257. The molecule has 2 rings (SSSR count). The van der Waals surface area contributed by atoms with Gasteiger partial charge in [0.2, 0.25) is 5.91 Å². The lowest BCUT2D eigenvalue weighted by Crippen LogP contribution is -2.36. The minimum Gasteiger partial charge on any atom is -0.336 e. The molecule has 0 aliphatic heterocycles. The first-order valence-corrected chi connectivity index (χ1v) is 7.89. The summed E-state index contributed by atoms with van der Waals surface area (Å²) in [5, 5.41) is 4.15. The van der Waals surface area contributed by atoms with Crippen LogP contribution in [0.1, 0.15) is 44.2 Å². The molecule has 0 saturated carbocycles. The van der Waals surface area contributed by atoms with Gasteiger partial charge in [0.1, 0.15) is 5.82 Å². The van der Waals surface area contributed by atoms with Crippen molar-refractivity contribution in [1.82, 2.24) is 14.7 Å². The van der Waals surface area contributed by atoms with E-state index in [9.17, 15) is 9.18 Å². The van der Waals surface area contributed by atoms with Crippen LogP contribution >= 0.6 is 0 Å². The Balaban J connectivity index is 2.04. The number of hydrogen-bond donors (Lipinski definition) is 0. The molecule has 5 heteroatoms. The Morgan fingerprint density at radius 3 is 2.43 bits per heavy atom. The van der Waals surface area contributed by atoms with Gasteiger partial charge in [-0.2, -0.15) is 5.10 Å². The lowest BCUT2D eigenvalue weighted by molar-refractivity contribution is -0.133. The molecule has 0 N–H and O–H groups in total. The third-order valence-electron chi connectivity index (χ3n) is 3.97. The highest BCUT2D eigenvalue weighted by atomic mass is 19.1. The molecule has 0 bridgehead atoms. The van der Waals surface area contributed by atoms with Crippen molar-refractivity contribution in [1.29, 1.82) is 0 Å². The zero-order valence-corrected chi connectivity index (χ0v) is 14.2. The van der Waals surface area contributed by atoms with E-state index in [2.05, 4.69) is 5.10 Å². The van der Waals surface area contributed by atoms with Gasteiger partial charge in [0.25, 0.3) is 0 Å². The number of rotatable bonds is 6. The lowest BCUT2D eigenvalue weighted by Gasteiger charge is -2.27. The fourth-order valence-electron chi connectivity index (χ4n) is 2.60. The fraction of sp³-hybridized carbons (Fsp3) is 0.444. The molecule has 1 heterocycles. The van der Waals surface area contributed by atoms with Gasteiger partial charge in [0.15, 0.2) is 0 Å². The van der Waals surface area contributed by atoms with Gasteiger partial charge in [-0.25, -0.2) is 4.39 Å². The van der Waals surface area contributed by atoms with Crippen molar-refractivity contribution < 1.29 is 9.18 Å². The Kier molecular flexibility index (Phi) is 5.53. The molecule has 0 aliphatic rings. The van der Waals surface area contributed by atoms with Crippen molar-refractivity contribution in [2.45, 2.75) is 45.7 Å². The molecule has 0 fully saturated rings. The van der Waals surface area contributed by atoms with Gasteiger partial charge >= 0.3 is 0 Å². The molecule has 1 atom stereocenters. The van der Waals surface area contributed by atoms with Crippen molar-refractivity contribution in [3.05, 3.63) is 53.6 Å². The summed E-state index contributed by atoms with van der Waals surface area (Å²) in [7, 11) is 1.86. The Hall–Kier alpha value is -2.17. The molecule has 1 unspecified atom stereocenters. The minimum absolute atomic E-state index is 0.0539. The topological polar surface area (TPSA) is 38.1 Å². The second-order valence-corrected chi connectivity index (χ2v) is 6.29. The maximum absolute atomic E-state index is 13.0. The van der Waals surface area contributed by atoms with Gasteiger partial charge in [-0.1, -0.05) is 19.1 Å². The molecule has 4 nitrogen and oxygen atoms in total. The van der Waals surface area contributed by atoms with E-state index in [0.29, 0.717) is 13.0 Å². The molecule has 23 heavy (non-hydrogen) atoms. The number of carbonyl (C=O) groups excluding carboxylic acids is 1. The quantitative estimate of drug-likeness (QED) is 0.818. The van der Waals surface area contributed by atoms with Crippen LogP contribution in [0.3, 0.4) is 0 Å². The molecule has 0 radical (unpaired) electrons. The van der Waals surface area contributed by atoms with E-state index < -0.39 is 0 Å². The average Bonchev–Trinajstić information content (AvgIpc) is 2.90.